The summed E-state index contributed by atoms with van der Waals surface area (Å²) in [5, 5.41) is 0. The molecule has 1 aliphatic heterocycles. The first kappa shape index (κ1) is 10.3. The highest BCUT2D eigenvalue weighted by Gasteiger charge is 2.33. The van der Waals surface area contributed by atoms with E-state index in [0.29, 0.717) is 22.6 Å². The van der Waals surface area contributed by atoms with Crippen LogP contribution >= 0.6 is 0 Å². The van der Waals surface area contributed by atoms with Gasteiger partial charge in [-0.25, -0.2) is 8.78 Å². The first-order chi connectivity index (χ1) is 8.27. The third kappa shape index (κ3) is 1.58. The van der Waals surface area contributed by atoms with Gasteiger partial charge in [0.25, 0.3) is 0 Å². The Morgan fingerprint density at radius 3 is 1.76 bits per heavy atom. The Bertz CT molecular complexity index is 506. The third-order valence-electron chi connectivity index (χ3n) is 2.98. The summed E-state index contributed by atoms with van der Waals surface area (Å²) in [6, 6.07) is 13.9. The van der Waals surface area contributed by atoms with E-state index in [1.807, 2.05) is 0 Å². The van der Waals surface area contributed by atoms with Gasteiger partial charge in [0.05, 0.1) is 5.92 Å². The molecule has 0 aliphatic carbocycles. The molecule has 0 fully saturated rings. The van der Waals surface area contributed by atoms with E-state index in [1.54, 1.807) is 48.5 Å². The average molecular weight is 232 g/mol. The molecule has 0 unspecified atom stereocenters. The predicted octanol–water partition coefficient (Wildman–Crippen LogP) is 4.19. The minimum Gasteiger partial charge on any atom is -0.457 e. The van der Waals surface area contributed by atoms with E-state index in [1.165, 1.54) is 0 Å². The largest absolute Gasteiger partial charge is 0.457 e. The summed E-state index contributed by atoms with van der Waals surface area (Å²) in [6.07, 6.45) is -2.43. The molecule has 1 nitrogen and oxygen atoms in total. The van der Waals surface area contributed by atoms with Crippen LogP contribution in [0.1, 0.15) is 17.0 Å². The molecular weight excluding hydrogens is 222 g/mol. The van der Waals surface area contributed by atoms with Crippen molar-refractivity contribution in [3.63, 3.8) is 0 Å². The van der Waals surface area contributed by atoms with Gasteiger partial charge in [0.1, 0.15) is 11.5 Å². The van der Waals surface area contributed by atoms with Crippen molar-refractivity contribution >= 4 is 0 Å². The zero-order valence-electron chi connectivity index (χ0n) is 8.94. The van der Waals surface area contributed by atoms with Crippen LogP contribution in [0.5, 0.6) is 11.5 Å². The average Bonchev–Trinajstić information content (AvgIpc) is 2.35. The SMILES string of the molecule is FC(F)C1c2ccccc2Oc2ccccc21. The minimum absolute atomic E-state index is 0.525. The molecule has 17 heavy (non-hydrogen) atoms. The number of alkyl halides is 2. The van der Waals surface area contributed by atoms with E-state index < -0.39 is 12.3 Å². The Morgan fingerprint density at radius 1 is 0.824 bits per heavy atom. The van der Waals surface area contributed by atoms with Crippen LogP contribution in [0.25, 0.3) is 0 Å². The third-order valence-corrected chi connectivity index (χ3v) is 2.98. The highest BCUT2D eigenvalue weighted by molar-refractivity contribution is 5.53. The van der Waals surface area contributed by atoms with Crippen molar-refractivity contribution in [2.75, 3.05) is 0 Å². The maximum absolute atomic E-state index is 13.2. The van der Waals surface area contributed by atoms with Gasteiger partial charge in [-0.15, -0.1) is 0 Å². The molecule has 0 saturated carbocycles. The van der Waals surface area contributed by atoms with Crippen LogP contribution in [-0.4, -0.2) is 6.43 Å². The first-order valence-corrected chi connectivity index (χ1v) is 5.41. The summed E-state index contributed by atoms with van der Waals surface area (Å²) in [6.45, 7) is 0. The van der Waals surface area contributed by atoms with Crippen LogP contribution in [0.15, 0.2) is 48.5 Å². The molecule has 1 aliphatic rings. The predicted molar refractivity (Wildman–Crippen MR) is 60.8 cm³/mol. The van der Waals surface area contributed by atoms with Crippen molar-refractivity contribution in [1.82, 2.24) is 0 Å². The van der Waals surface area contributed by atoms with Crippen LogP contribution in [0.3, 0.4) is 0 Å². The Labute approximate surface area is 97.7 Å². The molecule has 0 saturated heterocycles. The van der Waals surface area contributed by atoms with Gasteiger partial charge in [-0.05, 0) is 12.1 Å². The van der Waals surface area contributed by atoms with E-state index >= 15 is 0 Å². The summed E-state index contributed by atoms with van der Waals surface area (Å²) in [5.74, 6) is 0.157. The molecule has 0 bridgehead atoms. The van der Waals surface area contributed by atoms with Crippen molar-refractivity contribution in [2.45, 2.75) is 12.3 Å². The molecule has 2 aromatic carbocycles. The molecule has 2 aromatic rings. The fourth-order valence-corrected chi connectivity index (χ4v) is 2.22. The maximum atomic E-state index is 13.2. The topological polar surface area (TPSA) is 9.23 Å². The van der Waals surface area contributed by atoms with Gasteiger partial charge in [0, 0.05) is 11.1 Å². The highest BCUT2D eigenvalue weighted by Crippen LogP contribution is 2.46. The van der Waals surface area contributed by atoms with Crippen LogP contribution in [0, 0.1) is 0 Å². The molecule has 86 valence electrons. The van der Waals surface area contributed by atoms with Gasteiger partial charge in [-0.3, -0.25) is 0 Å². The second kappa shape index (κ2) is 3.84. The Balaban J connectivity index is 2.21. The highest BCUT2D eigenvalue weighted by atomic mass is 19.3. The minimum atomic E-state index is -2.43. The number of fused-ring (bicyclic) bond motifs is 2. The van der Waals surface area contributed by atoms with E-state index in [-0.39, 0.29) is 0 Å². The second-order valence-corrected chi connectivity index (χ2v) is 3.99. The molecule has 0 N–H and O–H groups in total. The molecule has 0 atom stereocenters. The fourth-order valence-electron chi connectivity index (χ4n) is 2.22. The second-order valence-electron chi connectivity index (χ2n) is 3.99. The Hall–Kier alpha value is -1.90. The number of para-hydroxylation sites is 2. The fraction of sp³-hybridized carbons (Fsp3) is 0.143. The van der Waals surface area contributed by atoms with Gasteiger partial charge in [0.2, 0.25) is 6.43 Å². The van der Waals surface area contributed by atoms with Crippen LogP contribution in [-0.2, 0) is 0 Å². The van der Waals surface area contributed by atoms with E-state index in [0.717, 1.165) is 0 Å². The van der Waals surface area contributed by atoms with Crippen molar-refractivity contribution in [2.24, 2.45) is 0 Å². The monoisotopic (exact) mass is 232 g/mol. The molecule has 3 heteroatoms. The Morgan fingerprint density at radius 2 is 1.29 bits per heavy atom. The molecule has 3 rings (SSSR count). The molecule has 0 aromatic heterocycles. The lowest BCUT2D eigenvalue weighted by atomic mass is 9.88. The molecule has 0 radical (unpaired) electrons. The smallest absolute Gasteiger partial charge is 0.249 e. The lowest BCUT2D eigenvalue weighted by molar-refractivity contribution is 0.124. The van der Waals surface area contributed by atoms with Gasteiger partial charge in [0.15, 0.2) is 0 Å². The number of benzene rings is 2. The number of hydrogen-bond donors (Lipinski definition) is 0. The molecular formula is C14H10F2O. The summed E-state index contributed by atoms with van der Waals surface area (Å²) in [4.78, 5) is 0. The van der Waals surface area contributed by atoms with Gasteiger partial charge in [-0.2, -0.15) is 0 Å². The maximum Gasteiger partial charge on any atom is 0.249 e. The van der Waals surface area contributed by atoms with Crippen molar-refractivity contribution in [3.8, 4) is 11.5 Å². The zero-order chi connectivity index (χ0) is 11.8. The van der Waals surface area contributed by atoms with Crippen LogP contribution in [0.4, 0.5) is 8.78 Å². The van der Waals surface area contributed by atoms with Crippen LogP contribution in [0.2, 0.25) is 0 Å². The van der Waals surface area contributed by atoms with E-state index in [2.05, 4.69) is 0 Å². The van der Waals surface area contributed by atoms with Crippen molar-refractivity contribution < 1.29 is 13.5 Å². The van der Waals surface area contributed by atoms with Gasteiger partial charge >= 0.3 is 0 Å². The van der Waals surface area contributed by atoms with Gasteiger partial charge in [-0.1, -0.05) is 36.4 Å². The van der Waals surface area contributed by atoms with E-state index in [9.17, 15) is 8.78 Å². The standard InChI is InChI=1S/C14H10F2O/c15-14(16)13-9-5-1-3-7-11(9)17-12-8-4-2-6-10(12)13/h1-8,13-14H. The number of halogens is 2. The molecule has 1 heterocycles. The number of rotatable bonds is 1. The molecule has 0 amide bonds. The van der Waals surface area contributed by atoms with Crippen molar-refractivity contribution in [3.05, 3.63) is 59.7 Å². The normalized spacial score (nSPS) is 14.1. The lowest BCUT2D eigenvalue weighted by Gasteiger charge is -2.27. The summed E-state index contributed by atoms with van der Waals surface area (Å²) < 4.78 is 32.1. The summed E-state index contributed by atoms with van der Waals surface area (Å²) >= 11 is 0. The first-order valence-electron chi connectivity index (χ1n) is 5.41. The molecule has 0 spiro atoms. The number of hydrogen-bond acceptors (Lipinski definition) is 1. The van der Waals surface area contributed by atoms with E-state index in [4.69, 9.17) is 4.74 Å². The van der Waals surface area contributed by atoms with Crippen molar-refractivity contribution in [1.29, 1.82) is 0 Å². The number of ether oxygens (including phenoxy) is 1. The Kier molecular flexibility index (Phi) is 2.32. The summed E-state index contributed by atoms with van der Waals surface area (Å²) in [5.41, 5.74) is 1.11. The van der Waals surface area contributed by atoms with Gasteiger partial charge < -0.3 is 4.74 Å². The quantitative estimate of drug-likeness (QED) is 0.716. The zero-order valence-corrected chi connectivity index (χ0v) is 8.94. The lowest BCUT2D eigenvalue weighted by Crippen LogP contribution is -2.16. The van der Waals surface area contributed by atoms with Crippen LogP contribution < -0.4 is 4.74 Å². The summed E-state index contributed by atoms with van der Waals surface area (Å²) in [7, 11) is 0.